The van der Waals surface area contributed by atoms with Gasteiger partial charge in [-0.1, -0.05) is 56.3 Å². The van der Waals surface area contributed by atoms with E-state index in [1.165, 1.54) is 0 Å². The standard InChI is InChI=1S/C31H33N3O3/c1-6-25-26(7-2)28(31(32)36)16-15-27(25)30(23-9-8-10-24(17-23)37-5)34-20(4)29(19(3)33-34)22-13-11-21(18-35)12-14-22/h8-18,30H,6-7H2,1-5H3,(H2,32,36). The number of hydrogen-bond donors (Lipinski definition) is 1. The molecule has 1 atom stereocenters. The summed E-state index contributed by atoms with van der Waals surface area (Å²) in [4.78, 5) is 23.4. The molecule has 37 heavy (non-hydrogen) atoms. The van der Waals surface area contributed by atoms with Crippen LogP contribution in [0.15, 0.2) is 60.7 Å². The molecule has 4 rings (SSSR count). The number of hydrogen-bond acceptors (Lipinski definition) is 4. The lowest BCUT2D eigenvalue weighted by molar-refractivity contribution is 0.0998. The summed E-state index contributed by atoms with van der Waals surface area (Å²) < 4.78 is 7.62. The number of primary amides is 1. The van der Waals surface area contributed by atoms with Gasteiger partial charge in [-0.2, -0.15) is 5.10 Å². The van der Waals surface area contributed by atoms with Crippen LogP contribution in [0.1, 0.15) is 74.2 Å². The summed E-state index contributed by atoms with van der Waals surface area (Å²) in [6.07, 6.45) is 2.30. The highest BCUT2D eigenvalue weighted by Crippen LogP contribution is 2.37. The third kappa shape index (κ3) is 4.79. The van der Waals surface area contributed by atoms with Gasteiger partial charge in [0.2, 0.25) is 5.91 Å². The van der Waals surface area contributed by atoms with Gasteiger partial charge >= 0.3 is 0 Å². The average Bonchev–Trinajstić information content (AvgIpc) is 3.21. The maximum absolute atomic E-state index is 12.2. The average molecular weight is 496 g/mol. The predicted octanol–water partition coefficient (Wildman–Crippen LogP) is 5.85. The van der Waals surface area contributed by atoms with Crippen molar-refractivity contribution in [2.75, 3.05) is 7.11 Å². The smallest absolute Gasteiger partial charge is 0.248 e. The summed E-state index contributed by atoms with van der Waals surface area (Å²) in [5.41, 5.74) is 15.1. The van der Waals surface area contributed by atoms with Crippen LogP contribution in [0.25, 0.3) is 11.1 Å². The molecule has 0 aliphatic heterocycles. The number of methoxy groups -OCH3 is 1. The lowest BCUT2D eigenvalue weighted by atomic mass is 9.86. The minimum Gasteiger partial charge on any atom is -0.497 e. The molecule has 4 aromatic rings. The lowest BCUT2D eigenvalue weighted by Crippen LogP contribution is -2.21. The Kier molecular flexibility index (Phi) is 7.58. The molecule has 0 bridgehead atoms. The summed E-state index contributed by atoms with van der Waals surface area (Å²) in [6.45, 7) is 8.23. The first-order valence-corrected chi connectivity index (χ1v) is 12.5. The van der Waals surface area contributed by atoms with E-state index in [-0.39, 0.29) is 6.04 Å². The van der Waals surface area contributed by atoms with Crippen LogP contribution in [0.5, 0.6) is 5.75 Å². The molecule has 190 valence electrons. The van der Waals surface area contributed by atoms with Gasteiger partial charge in [0.25, 0.3) is 0 Å². The van der Waals surface area contributed by atoms with Crippen LogP contribution in [0.4, 0.5) is 0 Å². The molecule has 0 aliphatic carbocycles. The molecule has 0 spiro atoms. The van der Waals surface area contributed by atoms with Gasteiger partial charge in [-0.05, 0) is 72.7 Å². The second-order valence-corrected chi connectivity index (χ2v) is 9.14. The molecule has 1 unspecified atom stereocenters. The predicted molar refractivity (Wildman–Crippen MR) is 146 cm³/mol. The third-order valence-corrected chi connectivity index (χ3v) is 7.05. The zero-order valence-corrected chi connectivity index (χ0v) is 22.0. The minimum absolute atomic E-state index is 0.251. The van der Waals surface area contributed by atoms with Crippen LogP contribution in [0, 0.1) is 13.8 Å². The number of ether oxygens (including phenoxy) is 1. The zero-order valence-electron chi connectivity index (χ0n) is 22.0. The number of aryl methyl sites for hydroxylation is 1. The number of carbonyl (C=O) groups excluding carboxylic acids is 2. The van der Waals surface area contributed by atoms with Crippen LogP contribution in [0.2, 0.25) is 0 Å². The number of aromatic nitrogens is 2. The Balaban J connectivity index is 2.00. The minimum atomic E-state index is -0.414. The van der Waals surface area contributed by atoms with Crippen molar-refractivity contribution in [1.82, 2.24) is 9.78 Å². The molecule has 2 N–H and O–H groups in total. The summed E-state index contributed by atoms with van der Waals surface area (Å²) in [6, 6.07) is 19.2. The summed E-state index contributed by atoms with van der Waals surface area (Å²) in [5.74, 6) is 0.347. The van der Waals surface area contributed by atoms with Crippen molar-refractivity contribution in [2.45, 2.75) is 46.6 Å². The number of aldehydes is 1. The SMILES string of the molecule is CCc1c(C(N)=O)ccc(C(c2cccc(OC)c2)n2nc(C)c(-c3ccc(C=O)cc3)c2C)c1CC. The van der Waals surface area contributed by atoms with E-state index in [2.05, 4.69) is 31.5 Å². The Morgan fingerprint density at radius 3 is 2.32 bits per heavy atom. The first kappa shape index (κ1) is 25.9. The Morgan fingerprint density at radius 2 is 1.73 bits per heavy atom. The van der Waals surface area contributed by atoms with Crippen molar-refractivity contribution in [3.8, 4) is 16.9 Å². The highest BCUT2D eigenvalue weighted by molar-refractivity contribution is 5.95. The van der Waals surface area contributed by atoms with Gasteiger partial charge in [0.15, 0.2) is 0 Å². The second-order valence-electron chi connectivity index (χ2n) is 9.14. The third-order valence-electron chi connectivity index (χ3n) is 7.05. The van der Waals surface area contributed by atoms with Crippen LogP contribution < -0.4 is 10.5 Å². The van der Waals surface area contributed by atoms with Gasteiger partial charge in [0, 0.05) is 22.4 Å². The number of carbonyl (C=O) groups is 2. The first-order valence-electron chi connectivity index (χ1n) is 12.5. The molecule has 0 fully saturated rings. The number of rotatable bonds is 9. The molecule has 3 aromatic carbocycles. The van der Waals surface area contributed by atoms with Gasteiger partial charge in [0.05, 0.1) is 12.8 Å². The monoisotopic (exact) mass is 495 g/mol. The summed E-state index contributed by atoms with van der Waals surface area (Å²) in [5, 5.41) is 5.04. The quantitative estimate of drug-likeness (QED) is 0.295. The molecular formula is C31H33N3O3. The van der Waals surface area contributed by atoms with Crippen molar-refractivity contribution < 1.29 is 14.3 Å². The van der Waals surface area contributed by atoms with Crippen molar-refractivity contribution in [2.24, 2.45) is 5.73 Å². The van der Waals surface area contributed by atoms with E-state index in [4.69, 9.17) is 15.6 Å². The van der Waals surface area contributed by atoms with Gasteiger partial charge < -0.3 is 10.5 Å². The molecule has 0 radical (unpaired) electrons. The van der Waals surface area contributed by atoms with Gasteiger partial charge in [0.1, 0.15) is 18.1 Å². The van der Waals surface area contributed by atoms with Crippen molar-refractivity contribution in [3.63, 3.8) is 0 Å². The molecule has 0 saturated heterocycles. The molecule has 1 aromatic heterocycles. The Bertz CT molecular complexity index is 1450. The Morgan fingerprint density at radius 1 is 1.03 bits per heavy atom. The first-order chi connectivity index (χ1) is 17.8. The van der Waals surface area contributed by atoms with E-state index < -0.39 is 5.91 Å². The van der Waals surface area contributed by atoms with Crippen molar-refractivity contribution in [3.05, 3.63) is 105 Å². The molecular weight excluding hydrogens is 462 g/mol. The van der Waals surface area contributed by atoms with Crippen molar-refractivity contribution in [1.29, 1.82) is 0 Å². The van der Waals surface area contributed by atoms with Crippen LogP contribution in [-0.4, -0.2) is 29.1 Å². The molecule has 1 amide bonds. The fraction of sp³-hybridized carbons (Fsp3) is 0.258. The zero-order chi connectivity index (χ0) is 26.7. The second kappa shape index (κ2) is 10.8. The maximum atomic E-state index is 12.2. The molecule has 6 nitrogen and oxygen atoms in total. The van der Waals surface area contributed by atoms with E-state index in [0.29, 0.717) is 17.5 Å². The summed E-state index contributed by atoms with van der Waals surface area (Å²) >= 11 is 0. The molecule has 1 heterocycles. The number of benzene rings is 3. The fourth-order valence-corrected chi connectivity index (χ4v) is 5.34. The van der Waals surface area contributed by atoms with E-state index in [9.17, 15) is 9.59 Å². The van der Waals surface area contributed by atoms with E-state index in [0.717, 1.165) is 63.2 Å². The van der Waals surface area contributed by atoms with Gasteiger partial charge in [-0.15, -0.1) is 0 Å². The van der Waals surface area contributed by atoms with Crippen LogP contribution in [0.3, 0.4) is 0 Å². The van der Waals surface area contributed by atoms with Crippen LogP contribution >= 0.6 is 0 Å². The van der Waals surface area contributed by atoms with Crippen molar-refractivity contribution >= 4 is 12.2 Å². The Hall–Kier alpha value is -4.19. The normalized spacial score (nSPS) is 11.8. The van der Waals surface area contributed by atoms with Crippen LogP contribution in [-0.2, 0) is 12.8 Å². The van der Waals surface area contributed by atoms with Gasteiger partial charge in [-0.25, -0.2) is 0 Å². The van der Waals surface area contributed by atoms with E-state index in [1.807, 2.05) is 61.5 Å². The highest BCUT2D eigenvalue weighted by atomic mass is 16.5. The summed E-state index contributed by atoms with van der Waals surface area (Å²) in [7, 11) is 1.66. The lowest BCUT2D eigenvalue weighted by Gasteiger charge is -2.26. The number of amides is 1. The number of nitrogens with zero attached hydrogens (tertiary/aromatic N) is 2. The van der Waals surface area contributed by atoms with Gasteiger partial charge in [-0.3, -0.25) is 14.3 Å². The maximum Gasteiger partial charge on any atom is 0.248 e. The largest absolute Gasteiger partial charge is 0.497 e. The van der Waals surface area contributed by atoms with E-state index in [1.54, 1.807) is 7.11 Å². The highest BCUT2D eigenvalue weighted by Gasteiger charge is 2.27. The molecule has 0 aliphatic rings. The number of nitrogens with two attached hydrogens (primary N) is 1. The molecule has 6 heteroatoms. The topological polar surface area (TPSA) is 87.2 Å². The van der Waals surface area contributed by atoms with E-state index >= 15 is 0 Å². The fourth-order valence-electron chi connectivity index (χ4n) is 5.34. The molecule has 0 saturated carbocycles. The Labute approximate surface area is 218 Å².